The van der Waals surface area contributed by atoms with Crippen molar-refractivity contribution < 1.29 is 9.59 Å². The van der Waals surface area contributed by atoms with Crippen molar-refractivity contribution in [3.8, 4) is 0 Å². The lowest BCUT2D eigenvalue weighted by Crippen LogP contribution is -2.35. The number of carbonyl (C=O) groups excluding carboxylic acids is 2. The quantitative estimate of drug-likeness (QED) is 0.526. The van der Waals surface area contributed by atoms with Crippen LogP contribution in [0.25, 0.3) is 0 Å². The van der Waals surface area contributed by atoms with E-state index in [4.69, 9.17) is 0 Å². The van der Waals surface area contributed by atoms with Crippen molar-refractivity contribution in [1.29, 1.82) is 0 Å². The molecule has 26 heavy (non-hydrogen) atoms. The summed E-state index contributed by atoms with van der Waals surface area (Å²) in [6.45, 7) is 1.68. The van der Waals surface area contributed by atoms with Crippen LogP contribution in [0.1, 0.15) is 61.7 Å². The first-order chi connectivity index (χ1) is 12.7. The summed E-state index contributed by atoms with van der Waals surface area (Å²) in [4.78, 5) is 26.7. The normalized spacial score (nSPS) is 20.2. The number of amides is 2. The molecule has 2 saturated heterocycles. The van der Waals surface area contributed by atoms with Crippen molar-refractivity contribution in [1.82, 2.24) is 4.90 Å². The van der Waals surface area contributed by atoms with E-state index in [0.717, 1.165) is 49.7 Å². The molecule has 0 radical (unpaired) electrons. The maximum atomic E-state index is 12.6. The Morgan fingerprint density at radius 1 is 1.15 bits per heavy atom. The second kappa shape index (κ2) is 10.3. The van der Waals surface area contributed by atoms with Crippen LogP contribution in [0.3, 0.4) is 0 Å². The predicted molar refractivity (Wildman–Crippen MR) is 112 cm³/mol. The number of piperidine rings is 1. The van der Waals surface area contributed by atoms with Crippen LogP contribution in [0.2, 0.25) is 0 Å². The smallest absolute Gasteiger partial charge is 0.253 e. The van der Waals surface area contributed by atoms with E-state index in [2.05, 4.69) is 5.32 Å². The highest BCUT2D eigenvalue weighted by Gasteiger charge is 2.19. The number of nitrogens with one attached hydrogen (secondary N) is 1. The highest BCUT2D eigenvalue weighted by atomic mass is 33.1. The number of unbranched alkanes of at least 4 members (excludes halogenated alkanes) is 1. The monoisotopic (exact) mass is 392 g/mol. The molecule has 0 saturated carbocycles. The third-order valence-electron chi connectivity index (χ3n) is 4.94. The number of hydrogen-bond acceptors (Lipinski definition) is 4. The van der Waals surface area contributed by atoms with E-state index in [1.165, 1.54) is 25.0 Å². The van der Waals surface area contributed by atoms with Gasteiger partial charge in [0.2, 0.25) is 5.91 Å². The molecule has 2 aliphatic heterocycles. The van der Waals surface area contributed by atoms with Gasteiger partial charge in [0.05, 0.1) is 0 Å². The van der Waals surface area contributed by atoms with Gasteiger partial charge in [-0.2, -0.15) is 0 Å². The largest absolute Gasteiger partial charge is 0.339 e. The molecule has 1 aromatic carbocycles. The first-order valence-electron chi connectivity index (χ1n) is 9.70. The Kier molecular flexibility index (Phi) is 7.74. The number of rotatable bonds is 7. The molecule has 1 atom stereocenters. The molecule has 1 aromatic rings. The number of nitrogens with zero attached hydrogens (tertiary/aromatic N) is 1. The molecule has 1 unspecified atom stereocenters. The predicted octanol–water partition coefficient (Wildman–Crippen LogP) is 4.97. The SMILES string of the molecule is O=C(CCCCC1CCSS1)Nc1cccc(C(=O)N2CCCCC2)c1. The van der Waals surface area contributed by atoms with Gasteiger partial charge in [0.1, 0.15) is 0 Å². The second-order valence-corrected chi connectivity index (χ2v) is 9.84. The molecule has 0 aliphatic carbocycles. The number of anilines is 1. The average molecular weight is 393 g/mol. The topological polar surface area (TPSA) is 49.4 Å². The van der Waals surface area contributed by atoms with Gasteiger partial charge < -0.3 is 10.2 Å². The van der Waals surface area contributed by atoms with Crippen LogP contribution in [0.4, 0.5) is 5.69 Å². The van der Waals surface area contributed by atoms with E-state index in [1.807, 2.05) is 44.7 Å². The first-order valence-corrected chi connectivity index (χ1v) is 12.1. The molecule has 2 aliphatic rings. The summed E-state index contributed by atoms with van der Waals surface area (Å²) < 4.78 is 0. The standard InChI is InChI=1S/C20H28N2O2S2/c23-19(10-3-2-9-18-11-14-25-26-18)21-17-8-6-7-16(15-17)20(24)22-12-4-1-5-13-22/h6-8,15,18H,1-5,9-14H2,(H,21,23). The molecule has 0 aromatic heterocycles. The van der Waals surface area contributed by atoms with Crippen LogP contribution in [-0.4, -0.2) is 40.8 Å². The van der Waals surface area contributed by atoms with Gasteiger partial charge in [0.15, 0.2) is 0 Å². The molecule has 1 N–H and O–H groups in total. The third-order valence-corrected chi connectivity index (χ3v) is 7.95. The van der Waals surface area contributed by atoms with Crippen LogP contribution in [-0.2, 0) is 4.79 Å². The Morgan fingerprint density at radius 2 is 2.00 bits per heavy atom. The summed E-state index contributed by atoms with van der Waals surface area (Å²) >= 11 is 0. The summed E-state index contributed by atoms with van der Waals surface area (Å²) in [5.41, 5.74) is 1.39. The Labute approximate surface area is 164 Å². The lowest BCUT2D eigenvalue weighted by atomic mass is 10.1. The van der Waals surface area contributed by atoms with Crippen LogP contribution < -0.4 is 5.32 Å². The third kappa shape index (κ3) is 5.95. The van der Waals surface area contributed by atoms with Crippen molar-refractivity contribution in [3.63, 3.8) is 0 Å². The minimum atomic E-state index is 0.0426. The Balaban J connectivity index is 1.43. The molecule has 0 spiro atoms. The Bertz CT molecular complexity index is 612. The van der Waals surface area contributed by atoms with Gasteiger partial charge in [-0.3, -0.25) is 9.59 Å². The summed E-state index contributed by atoms with van der Waals surface area (Å²) in [7, 11) is 3.97. The highest BCUT2D eigenvalue weighted by Crippen LogP contribution is 2.39. The molecule has 3 rings (SSSR count). The van der Waals surface area contributed by atoms with Gasteiger partial charge in [0.25, 0.3) is 5.91 Å². The fourth-order valence-electron chi connectivity index (χ4n) is 3.46. The number of likely N-dealkylation sites (tertiary alicyclic amines) is 1. The van der Waals surface area contributed by atoms with E-state index >= 15 is 0 Å². The molecule has 6 heteroatoms. The molecule has 2 heterocycles. The summed E-state index contributed by atoms with van der Waals surface area (Å²) in [5.74, 6) is 1.39. The van der Waals surface area contributed by atoms with Crippen molar-refractivity contribution in [3.05, 3.63) is 29.8 Å². The summed E-state index contributed by atoms with van der Waals surface area (Å²) in [6.07, 6.45) is 8.48. The molecule has 2 fully saturated rings. The summed E-state index contributed by atoms with van der Waals surface area (Å²) in [5, 5.41) is 3.73. The van der Waals surface area contributed by atoms with Gasteiger partial charge in [-0.25, -0.2) is 0 Å². The maximum absolute atomic E-state index is 12.6. The van der Waals surface area contributed by atoms with E-state index in [9.17, 15) is 9.59 Å². The molecule has 2 amide bonds. The molecular formula is C20H28N2O2S2. The minimum Gasteiger partial charge on any atom is -0.339 e. The lowest BCUT2D eigenvalue weighted by Gasteiger charge is -2.26. The number of hydrogen-bond donors (Lipinski definition) is 1. The Morgan fingerprint density at radius 3 is 2.77 bits per heavy atom. The zero-order valence-electron chi connectivity index (χ0n) is 15.2. The van der Waals surface area contributed by atoms with E-state index in [0.29, 0.717) is 12.0 Å². The molecular weight excluding hydrogens is 364 g/mol. The first kappa shape index (κ1) is 19.6. The van der Waals surface area contributed by atoms with Crippen molar-refractivity contribution in [2.45, 2.75) is 56.6 Å². The van der Waals surface area contributed by atoms with E-state index in [1.54, 1.807) is 6.07 Å². The van der Waals surface area contributed by atoms with Crippen molar-refractivity contribution in [2.75, 3.05) is 24.2 Å². The van der Waals surface area contributed by atoms with Crippen LogP contribution in [0, 0.1) is 0 Å². The van der Waals surface area contributed by atoms with Gasteiger partial charge >= 0.3 is 0 Å². The van der Waals surface area contributed by atoms with Crippen molar-refractivity contribution >= 4 is 39.1 Å². The zero-order chi connectivity index (χ0) is 18.2. The lowest BCUT2D eigenvalue weighted by molar-refractivity contribution is -0.116. The number of carbonyl (C=O) groups is 2. The molecule has 4 nitrogen and oxygen atoms in total. The van der Waals surface area contributed by atoms with Gasteiger partial charge in [-0.1, -0.05) is 34.1 Å². The van der Waals surface area contributed by atoms with Crippen LogP contribution in [0.15, 0.2) is 24.3 Å². The van der Waals surface area contributed by atoms with Gasteiger partial charge in [-0.15, -0.1) is 0 Å². The number of benzene rings is 1. The average Bonchev–Trinajstić information content (AvgIpc) is 3.19. The van der Waals surface area contributed by atoms with Crippen molar-refractivity contribution in [2.24, 2.45) is 0 Å². The fraction of sp³-hybridized carbons (Fsp3) is 0.600. The fourth-order valence-corrected chi connectivity index (χ4v) is 6.48. The molecule has 0 bridgehead atoms. The summed E-state index contributed by atoms with van der Waals surface area (Å²) in [6, 6.07) is 7.35. The zero-order valence-corrected chi connectivity index (χ0v) is 16.9. The van der Waals surface area contributed by atoms with Crippen LogP contribution >= 0.6 is 21.6 Å². The molecule has 142 valence electrons. The van der Waals surface area contributed by atoms with E-state index in [-0.39, 0.29) is 11.8 Å². The Hall–Kier alpha value is -1.14. The van der Waals surface area contributed by atoms with Gasteiger partial charge in [0, 0.05) is 41.8 Å². The highest BCUT2D eigenvalue weighted by molar-refractivity contribution is 8.77. The van der Waals surface area contributed by atoms with E-state index < -0.39 is 0 Å². The van der Waals surface area contributed by atoms with Crippen LogP contribution in [0.5, 0.6) is 0 Å². The minimum absolute atomic E-state index is 0.0426. The second-order valence-electron chi connectivity index (χ2n) is 7.06. The van der Waals surface area contributed by atoms with Gasteiger partial charge in [-0.05, 0) is 56.7 Å². The maximum Gasteiger partial charge on any atom is 0.253 e.